The Morgan fingerprint density at radius 2 is 2.17 bits per heavy atom. The number of pyridine rings is 1. The molecule has 9 heteroatoms. The molecule has 8 nitrogen and oxygen atoms in total. The lowest BCUT2D eigenvalue weighted by molar-refractivity contribution is -0.386. The first-order valence-corrected chi connectivity index (χ1v) is 6.90. The summed E-state index contributed by atoms with van der Waals surface area (Å²) in [7, 11) is 0. The molecule has 0 saturated carbocycles. The molecule has 0 radical (unpaired) electrons. The van der Waals surface area contributed by atoms with E-state index in [9.17, 15) is 14.5 Å². The zero-order valence-electron chi connectivity index (χ0n) is 13.0. The topological polar surface area (TPSA) is 103 Å². The minimum absolute atomic E-state index is 0.250. The number of hydrogen-bond donors (Lipinski definition) is 1. The predicted molar refractivity (Wildman–Crippen MR) is 79.7 cm³/mol. The molecular weight excluding hydrogens is 307 g/mol. The number of alkyl halides is 1. The van der Waals surface area contributed by atoms with Crippen LogP contribution in [-0.4, -0.2) is 44.2 Å². The van der Waals surface area contributed by atoms with Gasteiger partial charge in [0, 0.05) is 6.20 Å². The van der Waals surface area contributed by atoms with Gasteiger partial charge in [-0.1, -0.05) is 0 Å². The van der Waals surface area contributed by atoms with Gasteiger partial charge in [0.15, 0.2) is 6.17 Å². The van der Waals surface area contributed by atoms with Crippen molar-refractivity contribution in [3.05, 3.63) is 39.3 Å². The summed E-state index contributed by atoms with van der Waals surface area (Å²) in [5.74, 6) is -0.287. The summed E-state index contributed by atoms with van der Waals surface area (Å²) in [6.45, 7) is 3.88. The number of aliphatic hydroxyl groups excluding tert-OH is 1. The molecule has 1 N–H and O–H groups in total. The lowest BCUT2D eigenvalue weighted by Gasteiger charge is -2.07. The van der Waals surface area contributed by atoms with Gasteiger partial charge in [-0.05, 0) is 32.4 Å². The zero-order chi connectivity index (χ0) is 17.1. The summed E-state index contributed by atoms with van der Waals surface area (Å²) in [5, 5.41) is 24.0. The number of aryl methyl sites for hydroxylation is 2. The highest BCUT2D eigenvalue weighted by atomic mass is 19.1. The molecule has 2 aromatic rings. The van der Waals surface area contributed by atoms with E-state index >= 15 is 0 Å². The number of hydrogen-bond acceptors (Lipinski definition) is 6. The number of nitro groups is 1. The molecule has 1 atom stereocenters. The SMILES string of the molecule is Cc1cnc(C)c(-n2nc(OCC(F)CO)c([N+](=O)[O-])c2C)c1. The van der Waals surface area contributed by atoms with Gasteiger partial charge in [0.2, 0.25) is 0 Å². The first kappa shape index (κ1) is 16.8. The van der Waals surface area contributed by atoms with Crippen LogP contribution in [0.1, 0.15) is 17.0 Å². The number of aromatic nitrogens is 3. The third-order valence-corrected chi connectivity index (χ3v) is 3.26. The van der Waals surface area contributed by atoms with Crippen LogP contribution in [0.15, 0.2) is 12.3 Å². The number of halogens is 1. The van der Waals surface area contributed by atoms with E-state index in [1.807, 2.05) is 6.92 Å². The summed E-state index contributed by atoms with van der Waals surface area (Å²) >= 11 is 0. The normalized spacial score (nSPS) is 12.2. The van der Waals surface area contributed by atoms with Crippen molar-refractivity contribution in [2.75, 3.05) is 13.2 Å². The molecule has 0 aliphatic carbocycles. The minimum atomic E-state index is -1.64. The van der Waals surface area contributed by atoms with Crippen molar-refractivity contribution in [1.29, 1.82) is 0 Å². The average molecular weight is 324 g/mol. The molecular formula is C14H17FN4O4. The van der Waals surface area contributed by atoms with Crippen LogP contribution in [0.4, 0.5) is 10.1 Å². The van der Waals surface area contributed by atoms with E-state index in [0.717, 1.165) is 5.56 Å². The van der Waals surface area contributed by atoms with Crippen LogP contribution in [0.5, 0.6) is 5.88 Å². The third-order valence-electron chi connectivity index (χ3n) is 3.26. The fourth-order valence-corrected chi connectivity index (χ4v) is 2.07. The summed E-state index contributed by atoms with van der Waals surface area (Å²) in [5.41, 5.74) is 2.01. The van der Waals surface area contributed by atoms with E-state index in [1.165, 1.54) is 11.6 Å². The molecule has 0 aromatic carbocycles. The Labute approximate surface area is 131 Å². The largest absolute Gasteiger partial charge is 0.469 e. The van der Waals surface area contributed by atoms with Crippen molar-refractivity contribution in [3.63, 3.8) is 0 Å². The van der Waals surface area contributed by atoms with E-state index in [-0.39, 0.29) is 17.3 Å². The first-order chi connectivity index (χ1) is 10.8. The Kier molecular flexibility index (Phi) is 4.89. The fraction of sp³-hybridized carbons (Fsp3) is 0.429. The molecule has 0 aliphatic heterocycles. The van der Waals surface area contributed by atoms with Crippen LogP contribution in [-0.2, 0) is 0 Å². The Balaban J connectivity index is 2.49. The molecule has 1 unspecified atom stereocenters. The summed E-state index contributed by atoms with van der Waals surface area (Å²) in [6, 6.07) is 1.79. The van der Waals surface area contributed by atoms with Gasteiger partial charge < -0.3 is 9.84 Å². The molecule has 0 aliphatic rings. The maximum Gasteiger partial charge on any atom is 0.353 e. The van der Waals surface area contributed by atoms with E-state index < -0.39 is 24.3 Å². The Morgan fingerprint density at radius 1 is 1.48 bits per heavy atom. The Bertz CT molecular complexity index is 732. The van der Waals surface area contributed by atoms with Crippen LogP contribution < -0.4 is 4.74 Å². The van der Waals surface area contributed by atoms with Crippen molar-refractivity contribution >= 4 is 5.69 Å². The number of ether oxygens (including phenoxy) is 1. The number of aliphatic hydroxyl groups is 1. The maximum absolute atomic E-state index is 13.1. The molecule has 124 valence electrons. The van der Waals surface area contributed by atoms with Crippen molar-refractivity contribution in [3.8, 4) is 11.6 Å². The van der Waals surface area contributed by atoms with Gasteiger partial charge in [-0.2, -0.15) is 0 Å². The molecule has 0 amide bonds. The standard InChI is InChI=1S/C14H17FN4O4/c1-8-4-12(9(2)16-5-8)18-10(3)13(19(21)22)14(17-18)23-7-11(15)6-20/h4-5,11,20H,6-7H2,1-3H3. The van der Waals surface area contributed by atoms with Gasteiger partial charge in [-0.3, -0.25) is 15.1 Å². The zero-order valence-corrected chi connectivity index (χ0v) is 13.0. The average Bonchev–Trinajstić information content (AvgIpc) is 2.83. The second-order valence-electron chi connectivity index (χ2n) is 5.12. The molecule has 0 fully saturated rings. The van der Waals surface area contributed by atoms with E-state index in [4.69, 9.17) is 9.84 Å². The number of nitrogens with zero attached hydrogens (tertiary/aromatic N) is 4. The lowest BCUT2D eigenvalue weighted by Crippen LogP contribution is -2.17. The molecule has 0 spiro atoms. The quantitative estimate of drug-likeness (QED) is 0.642. The molecule has 0 bridgehead atoms. The van der Waals surface area contributed by atoms with E-state index in [0.29, 0.717) is 11.4 Å². The summed E-state index contributed by atoms with van der Waals surface area (Å²) in [4.78, 5) is 14.8. The highest BCUT2D eigenvalue weighted by Gasteiger charge is 2.28. The highest BCUT2D eigenvalue weighted by molar-refractivity contribution is 5.51. The summed E-state index contributed by atoms with van der Waals surface area (Å²) in [6.07, 6.45) is 0.0424. The van der Waals surface area contributed by atoms with Crippen molar-refractivity contribution in [1.82, 2.24) is 14.8 Å². The van der Waals surface area contributed by atoms with E-state index in [2.05, 4.69) is 10.1 Å². The first-order valence-electron chi connectivity index (χ1n) is 6.90. The van der Waals surface area contributed by atoms with Crippen molar-refractivity contribution in [2.45, 2.75) is 26.9 Å². The molecule has 2 aromatic heterocycles. The fourth-order valence-electron chi connectivity index (χ4n) is 2.07. The van der Waals surface area contributed by atoms with Gasteiger partial charge in [0.1, 0.15) is 12.3 Å². The van der Waals surface area contributed by atoms with Crippen LogP contribution in [0.2, 0.25) is 0 Å². The van der Waals surface area contributed by atoms with Crippen molar-refractivity contribution in [2.24, 2.45) is 0 Å². The van der Waals surface area contributed by atoms with Gasteiger partial charge in [-0.15, -0.1) is 5.10 Å². The Morgan fingerprint density at radius 3 is 2.78 bits per heavy atom. The molecule has 2 heterocycles. The van der Waals surface area contributed by atoms with Gasteiger partial charge in [0.25, 0.3) is 0 Å². The highest BCUT2D eigenvalue weighted by Crippen LogP contribution is 2.32. The van der Waals surface area contributed by atoms with Crippen LogP contribution >= 0.6 is 0 Å². The molecule has 23 heavy (non-hydrogen) atoms. The molecule has 2 rings (SSSR count). The number of rotatable bonds is 6. The Hall–Kier alpha value is -2.55. The van der Waals surface area contributed by atoms with Gasteiger partial charge in [-0.25, -0.2) is 9.07 Å². The monoisotopic (exact) mass is 324 g/mol. The molecule has 0 saturated heterocycles. The second-order valence-corrected chi connectivity index (χ2v) is 5.12. The second kappa shape index (κ2) is 6.69. The van der Waals surface area contributed by atoms with Gasteiger partial charge >= 0.3 is 11.6 Å². The van der Waals surface area contributed by atoms with Gasteiger partial charge in [0.05, 0.1) is 22.9 Å². The van der Waals surface area contributed by atoms with Crippen LogP contribution in [0.25, 0.3) is 5.69 Å². The summed E-state index contributed by atoms with van der Waals surface area (Å²) < 4.78 is 19.5. The minimum Gasteiger partial charge on any atom is -0.469 e. The predicted octanol–water partition coefficient (Wildman–Crippen LogP) is 1.81. The maximum atomic E-state index is 13.1. The van der Waals surface area contributed by atoms with Crippen molar-refractivity contribution < 1.29 is 19.2 Å². The van der Waals surface area contributed by atoms with E-state index in [1.54, 1.807) is 19.2 Å². The third kappa shape index (κ3) is 3.45. The van der Waals surface area contributed by atoms with Crippen LogP contribution in [0.3, 0.4) is 0 Å². The smallest absolute Gasteiger partial charge is 0.353 e. The lowest BCUT2D eigenvalue weighted by atomic mass is 10.2. The van der Waals surface area contributed by atoms with Crippen LogP contribution in [0, 0.1) is 30.9 Å².